The lowest BCUT2D eigenvalue weighted by Gasteiger charge is -2.35. The van der Waals surface area contributed by atoms with Gasteiger partial charge in [0.25, 0.3) is 0 Å². The molecule has 0 saturated carbocycles. The number of nitrogens with zero attached hydrogens (tertiary/aromatic N) is 1. The third-order valence-corrected chi connectivity index (χ3v) is 4.37. The summed E-state index contributed by atoms with van der Waals surface area (Å²) in [4.78, 5) is 14.6. The average Bonchev–Trinajstić information content (AvgIpc) is 2.55. The summed E-state index contributed by atoms with van der Waals surface area (Å²) in [5.74, 6) is 0.728. The van der Waals surface area contributed by atoms with Gasteiger partial charge in [0.15, 0.2) is 0 Å². The lowest BCUT2D eigenvalue weighted by atomic mass is 10.0. The summed E-state index contributed by atoms with van der Waals surface area (Å²) < 4.78 is 5.24. The Morgan fingerprint density at radius 2 is 1.87 bits per heavy atom. The van der Waals surface area contributed by atoms with Gasteiger partial charge < -0.3 is 15.8 Å². The summed E-state index contributed by atoms with van der Waals surface area (Å²) >= 11 is 0. The van der Waals surface area contributed by atoms with Crippen LogP contribution in [0.3, 0.4) is 0 Å². The SMILES string of the molecule is COc1ccc(C(CNC(=O)C(C)(C)N)N2CCCCC2)cc1. The van der Waals surface area contributed by atoms with Gasteiger partial charge in [-0.05, 0) is 57.5 Å². The summed E-state index contributed by atoms with van der Waals surface area (Å²) in [7, 11) is 1.67. The zero-order valence-electron chi connectivity index (χ0n) is 14.5. The van der Waals surface area contributed by atoms with Gasteiger partial charge in [-0.1, -0.05) is 18.6 Å². The standard InChI is InChI=1S/C18H29N3O2/c1-18(2,19)17(22)20-13-16(21-11-5-4-6-12-21)14-7-9-15(23-3)10-8-14/h7-10,16H,4-6,11-13,19H2,1-3H3,(H,20,22). The van der Waals surface area contributed by atoms with Crippen molar-refractivity contribution in [3.05, 3.63) is 29.8 Å². The highest BCUT2D eigenvalue weighted by molar-refractivity contribution is 5.85. The summed E-state index contributed by atoms with van der Waals surface area (Å²) in [5.41, 5.74) is 6.22. The number of ether oxygens (including phenoxy) is 1. The average molecular weight is 319 g/mol. The number of rotatable bonds is 6. The van der Waals surface area contributed by atoms with Crippen LogP contribution in [0, 0.1) is 0 Å². The van der Waals surface area contributed by atoms with Crippen molar-refractivity contribution in [1.82, 2.24) is 10.2 Å². The number of piperidine rings is 1. The number of likely N-dealkylation sites (tertiary alicyclic amines) is 1. The molecule has 2 rings (SSSR count). The van der Waals surface area contributed by atoms with Crippen molar-refractivity contribution in [2.45, 2.75) is 44.7 Å². The van der Waals surface area contributed by atoms with Crippen LogP contribution in [0.25, 0.3) is 0 Å². The molecule has 3 N–H and O–H groups in total. The molecule has 5 nitrogen and oxygen atoms in total. The molecule has 0 bridgehead atoms. The maximum Gasteiger partial charge on any atom is 0.239 e. The van der Waals surface area contributed by atoms with Crippen LogP contribution in [-0.2, 0) is 4.79 Å². The van der Waals surface area contributed by atoms with Crippen LogP contribution < -0.4 is 15.8 Å². The van der Waals surface area contributed by atoms with Crippen molar-refractivity contribution in [3.8, 4) is 5.75 Å². The number of benzene rings is 1. The normalized spacial score (nSPS) is 17.6. The Hall–Kier alpha value is -1.59. The topological polar surface area (TPSA) is 67.6 Å². The van der Waals surface area contributed by atoms with E-state index in [4.69, 9.17) is 10.5 Å². The smallest absolute Gasteiger partial charge is 0.239 e. The number of hydrogen-bond donors (Lipinski definition) is 2. The van der Waals surface area contributed by atoms with Gasteiger partial charge in [-0.25, -0.2) is 0 Å². The number of nitrogens with one attached hydrogen (secondary N) is 1. The molecule has 1 fully saturated rings. The number of methoxy groups -OCH3 is 1. The Morgan fingerprint density at radius 3 is 2.39 bits per heavy atom. The quantitative estimate of drug-likeness (QED) is 0.842. The Bertz CT molecular complexity index is 502. The highest BCUT2D eigenvalue weighted by atomic mass is 16.5. The molecule has 23 heavy (non-hydrogen) atoms. The van der Waals surface area contributed by atoms with Gasteiger partial charge in [0, 0.05) is 6.54 Å². The van der Waals surface area contributed by atoms with Gasteiger partial charge in [0.1, 0.15) is 5.75 Å². The van der Waals surface area contributed by atoms with Crippen LogP contribution in [-0.4, -0.2) is 43.1 Å². The van der Waals surface area contributed by atoms with Gasteiger partial charge in [-0.15, -0.1) is 0 Å². The minimum absolute atomic E-state index is 0.118. The Kier molecular flexibility index (Phi) is 6.02. The molecule has 5 heteroatoms. The first-order valence-electron chi connectivity index (χ1n) is 8.37. The molecule has 1 aromatic carbocycles. The van der Waals surface area contributed by atoms with Crippen LogP contribution in [0.5, 0.6) is 5.75 Å². The van der Waals surface area contributed by atoms with Gasteiger partial charge in [0.2, 0.25) is 5.91 Å². The lowest BCUT2D eigenvalue weighted by Crippen LogP contribution is -2.51. The fourth-order valence-corrected chi connectivity index (χ4v) is 2.93. The van der Waals surface area contributed by atoms with Crippen LogP contribution in [0.2, 0.25) is 0 Å². The Labute approximate surface area is 139 Å². The molecule has 1 saturated heterocycles. The monoisotopic (exact) mass is 319 g/mol. The second-order valence-electron chi connectivity index (χ2n) is 6.82. The largest absolute Gasteiger partial charge is 0.497 e. The first-order valence-corrected chi connectivity index (χ1v) is 8.37. The lowest BCUT2D eigenvalue weighted by molar-refractivity contribution is -0.125. The van der Waals surface area contributed by atoms with E-state index < -0.39 is 5.54 Å². The van der Waals surface area contributed by atoms with Crippen LogP contribution in [0.15, 0.2) is 24.3 Å². The molecule has 1 atom stereocenters. The summed E-state index contributed by atoms with van der Waals surface area (Å²) in [6, 6.07) is 8.28. The molecule has 1 aliphatic rings. The van der Waals surface area contributed by atoms with Crippen molar-refractivity contribution in [3.63, 3.8) is 0 Å². The van der Waals surface area contributed by atoms with Crippen LogP contribution >= 0.6 is 0 Å². The van der Waals surface area contributed by atoms with Gasteiger partial charge in [-0.3, -0.25) is 9.69 Å². The van der Waals surface area contributed by atoms with Gasteiger partial charge in [0.05, 0.1) is 18.7 Å². The maximum absolute atomic E-state index is 12.1. The number of nitrogens with two attached hydrogens (primary N) is 1. The van der Waals surface area contributed by atoms with E-state index in [-0.39, 0.29) is 11.9 Å². The molecule has 0 aromatic heterocycles. The van der Waals surface area contributed by atoms with Gasteiger partial charge in [-0.2, -0.15) is 0 Å². The first-order chi connectivity index (χ1) is 10.9. The van der Waals surface area contributed by atoms with Crippen LogP contribution in [0.4, 0.5) is 0 Å². The molecule has 1 aromatic rings. The van der Waals surface area contributed by atoms with E-state index >= 15 is 0 Å². The molecule has 1 aliphatic heterocycles. The van der Waals surface area contributed by atoms with E-state index in [1.165, 1.54) is 24.8 Å². The fraction of sp³-hybridized carbons (Fsp3) is 0.611. The highest BCUT2D eigenvalue weighted by Gasteiger charge is 2.26. The second kappa shape index (κ2) is 7.79. The molecule has 0 spiro atoms. The van der Waals surface area contributed by atoms with Crippen molar-refractivity contribution in [1.29, 1.82) is 0 Å². The number of carbonyl (C=O) groups excluding carboxylic acids is 1. The Morgan fingerprint density at radius 1 is 1.26 bits per heavy atom. The molecule has 1 amide bonds. The summed E-state index contributed by atoms with van der Waals surface area (Å²) in [5, 5.41) is 3.01. The Balaban J connectivity index is 2.12. The summed E-state index contributed by atoms with van der Waals surface area (Å²) in [6.45, 7) is 6.17. The number of carbonyl (C=O) groups is 1. The molecule has 1 heterocycles. The molecular formula is C18H29N3O2. The third kappa shape index (κ3) is 4.94. The third-order valence-electron chi connectivity index (χ3n) is 4.37. The van der Waals surface area contributed by atoms with E-state index in [1.807, 2.05) is 12.1 Å². The predicted molar refractivity (Wildman–Crippen MR) is 92.4 cm³/mol. The molecule has 0 radical (unpaired) electrons. The van der Waals surface area contributed by atoms with E-state index in [2.05, 4.69) is 22.3 Å². The van der Waals surface area contributed by atoms with E-state index in [0.717, 1.165) is 18.8 Å². The fourth-order valence-electron chi connectivity index (χ4n) is 2.93. The molecule has 128 valence electrons. The minimum Gasteiger partial charge on any atom is -0.497 e. The summed E-state index contributed by atoms with van der Waals surface area (Å²) in [6.07, 6.45) is 3.71. The molecular weight excluding hydrogens is 290 g/mol. The van der Waals surface area contributed by atoms with Crippen molar-refractivity contribution in [2.75, 3.05) is 26.7 Å². The van der Waals surface area contributed by atoms with Crippen molar-refractivity contribution < 1.29 is 9.53 Å². The van der Waals surface area contributed by atoms with Crippen molar-refractivity contribution in [2.24, 2.45) is 5.73 Å². The van der Waals surface area contributed by atoms with Crippen LogP contribution in [0.1, 0.15) is 44.7 Å². The first kappa shape index (κ1) is 17.8. The van der Waals surface area contributed by atoms with Crippen molar-refractivity contribution >= 4 is 5.91 Å². The minimum atomic E-state index is -0.855. The maximum atomic E-state index is 12.1. The predicted octanol–water partition coefficient (Wildman–Crippen LogP) is 2.08. The molecule has 0 aliphatic carbocycles. The number of amides is 1. The number of hydrogen-bond acceptors (Lipinski definition) is 4. The second-order valence-corrected chi connectivity index (χ2v) is 6.82. The van der Waals surface area contributed by atoms with Gasteiger partial charge >= 0.3 is 0 Å². The van der Waals surface area contributed by atoms with E-state index in [0.29, 0.717) is 6.54 Å². The zero-order valence-corrected chi connectivity index (χ0v) is 14.5. The highest BCUT2D eigenvalue weighted by Crippen LogP contribution is 2.26. The van der Waals surface area contributed by atoms with E-state index in [1.54, 1.807) is 21.0 Å². The molecule has 1 unspecified atom stereocenters. The van der Waals surface area contributed by atoms with E-state index in [9.17, 15) is 4.79 Å². The zero-order chi connectivity index (χ0) is 16.9.